The summed E-state index contributed by atoms with van der Waals surface area (Å²) in [6.07, 6.45) is 6.84. The van der Waals surface area contributed by atoms with Crippen LogP contribution in [0.5, 0.6) is 0 Å². The monoisotopic (exact) mass is 289 g/mol. The Labute approximate surface area is 118 Å². The number of thiazole rings is 1. The van der Waals surface area contributed by atoms with E-state index in [4.69, 9.17) is 5.73 Å². The highest BCUT2D eigenvalue weighted by Crippen LogP contribution is 2.27. The molecule has 0 aromatic carbocycles. The lowest BCUT2D eigenvalue weighted by atomic mass is 10.0. The van der Waals surface area contributed by atoms with Gasteiger partial charge in [-0.1, -0.05) is 0 Å². The van der Waals surface area contributed by atoms with Crippen LogP contribution in [0.25, 0.3) is 0 Å². The number of amides is 1. The van der Waals surface area contributed by atoms with Gasteiger partial charge in [0.15, 0.2) is 0 Å². The van der Waals surface area contributed by atoms with Gasteiger partial charge in [-0.2, -0.15) is 0 Å². The van der Waals surface area contributed by atoms with E-state index in [1.165, 1.54) is 34.8 Å². The average Bonchev–Trinajstić information content (AvgIpc) is 2.76. The van der Waals surface area contributed by atoms with Crippen LogP contribution in [0.15, 0.2) is 0 Å². The van der Waals surface area contributed by atoms with Crippen molar-refractivity contribution in [1.29, 1.82) is 0 Å². The van der Waals surface area contributed by atoms with Gasteiger partial charge in [0.05, 0.1) is 17.2 Å². The summed E-state index contributed by atoms with van der Waals surface area (Å²) in [6.45, 7) is 0.770. The van der Waals surface area contributed by atoms with E-state index < -0.39 is 0 Å². The Morgan fingerprint density at radius 2 is 2.17 bits per heavy atom. The number of rotatable bonds is 5. The van der Waals surface area contributed by atoms with Crippen molar-refractivity contribution in [3.05, 3.63) is 15.6 Å². The largest absolute Gasteiger partial charge is 0.355 e. The van der Waals surface area contributed by atoms with Gasteiger partial charge < -0.3 is 11.1 Å². The first-order valence-electron chi connectivity index (χ1n) is 6.24. The predicted molar refractivity (Wildman–Crippen MR) is 76.4 cm³/mol. The van der Waals surface area contributed by atoms with E-state index in [-0.39, 0.29) is 24.9 Å². The molecule has 6 heteroatoms. The van der Waals surface area contributed by atoms with Crippen LogP contribution in [-0.4, -0.2) is 24.0 Å². The van der Waals surface area contributed by atoms with Crippen LogP contribution in [0, 0.1) is 0 Å². The third-order valence-corrected chi connectivity index (χ3v) is 4.18. The number of nitrogens with one attached hydrogen (secondary N) is 1. The van der Waals surface area contributed by atoms with Crippen molar-refractivity contribution in [3.8, 4) is 0 Å². The highest BCUT2D eigenvalue weighted by Gasteiger charge is 2.14. The van der Waals surface area contributed by atoms with Gasteiger partial charge in [0, 0.05) is 17.8 Å². The molecule has 102 valence electrons. The van der Waals surface area contributed by atoms with Crippen LogP contribution in [0.3, 0.4) is 0 Å². The van der Waals surface area contributed by atoms with E-state index >= 15 is 0 Å². The molecule has 4 nitrogen and oxygen atoms in total. The number of carbonyl (C=O) groups excluding carboxylic acids is 1. The Balaban J connectivity index is 0.00000162. The van der Waals surface area contributed by atoms with Gasteiger partial charge in [0.25, 0.3) is 0 Å². The van der Waals surface area contributed by atoms with Crippen LogP contribution >= 0.6 is 23.7 Å². The third kappa shape index (κ3) is 4.23. The number of nitrogens with two attached hydrogens (primary N) is 1. The summed E-state index contributed by atoms with van der Waals surface area (Å²) in [5, 5.41) is 4.00. The van der Waals surface area contributed by atoms with Crippen molar-refractivity contribution in [2.45, 2.75) is 38.5 Å². The molecule has 0 saturated heterocycles. The Bertz CT molecular complexity index is 371. The average molecular weight is 290 g/mol. The van der Waals surface area contributed by atoms with Crippen LogP contribution < -0.4 is 11.1 Å². The maximum atomic E-state index is 10.9. The molecular formula is C12H20ClN3OS. The molecule has 1 aliphatic carbocycles. The Morgan fingerprint density at radius 3 is 2.89 bits per heavy atom. The minimum absolute atomic E-state index is 0. The number of halogens is 1. The fraction of sp³-hybridized carbons (Fsp3) is 0.667. The van der Waals surface area contributed by atoms with Crippen LogP contribution in [0.2, 0.25) is 0 Å². The maximum absolute atomic E-state index is 10.9. The first-order chi connectivity index (χ1) is 8.29. The minimum Gasteiger partial charge on any atom is -0.355 e. The van der Waals surface area contributed by atoms with Crippen LogP contribution in [0.4, 0.5) is 0 Å². The number of aromatic nitrogens is 1. The van der Waals surface area contributed by atoms with Crippen molar-refractivity contribution >= 4 is 29.7 Å². The van der Waals surface area contributed by atoms with E-state index in [9.17, 15) is 4.79 Å². The molecule has 0 saturated carbocycles. The molecule has 2 rings (SSSR count). The van der Waals surface area contributed by atoms with Crippen LogP contribution in [0.1, 0.15) is 34.8 Å². The van der Waals surface area contributed by atoms with Crippen LogP contribution in [-0.2, 0) is 24.1 Å². The molecule has 18 heavy (non-hydrogen) atoms. The summed E-state index contributed by atoms with van der Waals surface area (Å²) in [4.78, 5) is 17.1. The molecule has 0 aliphatic heterocycles. The van der Waals surface area contributed by atoms with Gasteiger partial charge in [-0.05, 0) is 32.1 Å². The minimum atomic E-state index is -0.0802. The van der Waals surface area contributed by atoms with Gasteiger partial charge in [-0.25, -0.2) is 4.98 Å². The highest BCUT2D eigenvalue weighted by molar-refractivity contribution is 7.11. The summed E-state index contributed by atoms with van der Waals surface area (Å²) in [5.41, 5.74) is 6.53. The van der Waals surface area contributed by atoms with Crippen molar-refractivity contribution in [2.75, 3.05) is 13.1 Å². The van der Waals surface area contributed by atoms with E-state index in [0.717, 1.165) is 19.3 Å². The zero-order chi connectivity index (χ0) is 12.1. The molecule has 1 amide bonds. The number of aryl methyl sites for hydroxylation is 3. The second-order valence-electron chi connectivity index (χ2n) is 4.34. The molecule has 1 aromatic heterocycles. The lowest BCUT2D eigenvalue weighted by Crippen LogP contribution is -2.31. The predicted octanol–water partition coefficient (Wildman–Crippen LogP) is 1.45. The summed E-state index contributed by atoms with van der Waals surface area (Å²) >= 11 is 1.85. The number of fused-ring (bicyclic) bond motifs is 1. The van der Waals surface area contributed by atoms with Crippen molar-refractivity contribution < 1.29 is 4.79 Å². The van der Waals surface area contributed by atoms with E-state index in [2.05, 4.69) is 10.3 Å². The smallest absolute Gasteiger partial charge is 0.233 e. The molecule has 0 atom stereocenters. The summed E-state index contributed by atoms with van der Waals surface area (Å²) < 4.78 is 0. The molecule has 0 radical (unpaired) electrons. The van der Waals surface area contributed by atoms with E-state index in [1.807, 2.05) is 11.3 Å². The first-order valence-corrected chi connectivity index (χ1v) is 7.05. The summed E-state index contributed by atoms with van der Waals surface area (Å²) in [7, 11) is 0. The molecule has 0 unspecified atom stereocenters. The topological polar surface area (TPSA) is 68.0 Å². The standard InChI is InChI=1S/C12H19N3OS.ClH/c13-8-11(16)14-7-3-6-12-15-9-4-1-2-5-10(9)17-12;/h1-8,13H2,(H,14,16);1H. The lowest BCUT2D eigenvalue weighted by Gasteiger charge is -2.06. The fourth-order valence-electron chi connectivity index (χ4n) is 2.05. The second kappa shape index (κ2) is 7.71. The SMILES string of the molecule is Cl.NCC(=O)NCCCc1nc2c(s1)CCCC2. The zero-order valence-electron chi connectivity index (χ0n) is 10.4. The van der Waals surface area contributed by atoms with Gasteiger partial charge in [-0.15, -0.1) is 23.7 Å². The maximum Gasteiger partial charge on any atom is 0.233 e. The molecule has 1 heterocycles. The van der Waals surface area contributed by atoms with E-state index in [0.29, 0.717) is 6.54 Å². The van der Waals surface area contributed by atoms with Gasteiger partial charge >= 0.3 is 0 Å². The Morgan fingerprint density at radius 1 is 1.39 bits per heavy atom. The Hall–Kier alpha value is -0.650. The molecule has 1 aromatic rings. The van der Waals surface area contributed by atoms with Crippen molar-refractivity contribution in [3.63, 3.8) is 0 Å². The van der Waals surface area contributed by atoms with Gasteiger partial charge in [-0.3, -0.25) is 4.79 Å². The number of hydrogen-bond donors (Lipinski definition) is 2. The quantitative estimate of drug-likeness (QED) is 0.806. The van der Waals surface area contributed by atoms with Crippen molar-refractivity contribution in [2.24, 2.45) is 5.73 Å². The molecule has 0 bridgehead atoms. The first kappa shape index (κ1) is 15.4. The third-order valence-electron chi connectivity index (χ3n) is 2.96. The van der Waals surface area contributed by atoms with Gasteiger partial charge in [0.2, 0.25) is 5.91 Å². The molecule has 1 aliphatic rings. The molecule has 3 N–H and O–H groups in total. The number of carbonyl (C=O) groups is 1. The second-order valence-corrected chi connectivity index (χ2v) is 5.51. The lowest BCUT2D eigenvalue weighted by molar-refractivity contribution is -0.119. The number of nitrogens with zero attached hydrogens (tertiary/aromatic N) is 1. The van der Waals surface area contributed by atoms with E-state index in [1.54, 1.807) is 0 Å². The summed E-state index contributed by atoms with van der Waals surface area (Å²) in [5.74, 6) is -0.0802. The van der Waals surface area contributed by atoms with Gasteiger partial charge in [0.1, 0.15) is 0 Å². The fourth-order valence-corrected chi connectivity index (χ4v) is 3.25. The molecule has 0 spiro atoms. The van der Waals surface area contributed by atoms with Crippen molar-refractivity contribution in [1.82, 2.24) is 10.3 Å². The molecule has 0 fully saturated rings. The Kier molecular flexibility index (Phi) is 6.60. The number of hydrogen-bond acceptors (Lipinski definition) is 4. The zero-order valence-corrected chi connectivity index (χ0v) is 12.0. The normalized spacial score (nSPS) is 13.6. The molecular weight excluding hydrogens is 270 g/mol. The summed E-state index contributed by atoms with van der Waals surface area (Å²) in [6, 6.07) is 0. The highest BCUT2D eigenvalue weighted by atomic mass is 35.5.